The van der Waals surface area contributed by atoms with Gasteiger partial charge in [0.15, 0.2) is 0 Å². The molecule has 0 saturated heterocycles. The Balaban J connectivity index is -0.0000000267. The molecule has 0 unspecified atom stereocenters. The van der Waals surface area contributed by atoms with E-state index < -0.39 is 11.9 Å². The van der Waals surface area contributed by atoms with Crippen LogP contribution in [0.25, 0.3) is 0 Å². The number of hydrogen-bond acceptors (Lipinski definition) is 4. The molecule has 0 heterocycles. The Morgan fingerprint density at radius 2 is 1.00 bits per heavy atom. The number of carbonyl (C=O) groups is 2. The molecule has 0 aromatic rings. The van der Waals surface area contributed by atoms with E-state index in [1.54, 1.807) is 0 Å². The van der Waals surface area contributed by atoms with E-state index in [0.29, 0.717) is 0 Å². The second-order valence-electron chi connectivity index (χ2n) is 1.20. The molecule has 0 saturated carbocycles. The van der Waals surface area contributed by atoms with Crippen molar-refractivity contribution in [3.05, 3.63) is 0 Å². The second kappa shape index (κ2) is 22.5. The van der Waals surface area contributed by atoms with Gasteiger partial charge in [-0.3, -0.25) is 9.59 Å². The van der Waals surface area contributed by atoms with Gasteiger partial charge in [0.25, 0.3) is 0 Å². The van der Waals surface area contributed by atoms with Crippen LogP contribution in [-0.4, -0.2) is 46.2 Å². The van der Waals surface area contributed by atoms with E-state index in [1.165, 1.54) is 0 Å². The number of aliphatic carboxylic acids is 2. The van der Waals surface area contributed by atoms with E-state index in [0.717, 1.165) is 0 Å². The van der Waals surface area contributed by atoms with Crippen molar-refractivity contribution in [3.63, 3.8) is 0 Å². The fourth-order valence-corrected chi connectivity index (χ4v) is 0. The smallest absolute Gasteiger partial charge is 0.317 e. The van der Waals surface area contributed by atoms with Gasteiger partial charge in [0.2, 0.25) is 0 Å². The summed E-state index contributed by atoms with van der Waals surface area (Å²) in [6.07, 6.45) is 0. The SMILES string of the molecule is NCC(=O)O.NCC(=O)O.O.O.[Cu]. The molecular formula is C4H14CuN2O6. The van der Waals surface area contributed by atoms with Crippen molar-refractivity contribution in [2.24, 2.45) is 11.5 Å². The zero-order valence-corrected chi connectivity index (χ0v) is 7.52. The van der Waals surface area contributed by atoms with Gasteiger partial charge in [0.1, 0.15) is 0 Å². The molecule has 8 nitrogen and oxygen atoms in total. The van der Waals surface area contributed by atoms with E-state index in [2.05, 4.69) is 11.5 Å². The van der Waals surface area contributed by atoms with Gasteiger partial charge in [-0.2, -0.15) is 0 Å². The molecule has 10 N–H and O–H groups in total. The van der Waals surface area contributed by atoms with Gasteiger partial charge in [-0.1, -0.05) is 0 Å². The van der Waals surface area contributed by atoms with Gasteiger partial charge in [0.05, 0.1) is 13.1 Å². The van der Waals surface area contributed by atoms with Crippen LogP contribution in [0.3, 0.4) is 0 Å². The number of carboxylic acid groups (broad SMARTS) is 2. The maximum Gasteiger partial charge on any atom is 0.317 e. The fraction of sp³-hybridized carbons (Fsp3) is 0.500. The quantitative estimate of drug-likeness (QED) is 0.365. The van der Waals surface area contributed by atoms with Crippen molar-refractivity contribution in [2.75, 3.05) is 13.1 Å². The Hall–Kier alpha value is -0.701. The monoisotopic (exact) mass is 249 g/mol. The van der Waals surface area contributed by atoms with Gasteiger partial charge in [-0.15, -0.1) is 0 Å². The summed E-state index contributed by atoms with van der Waals surface area (Å²) in [6.45, 7) is -0.556. The topological polar surface area (TPSA) is 190 Å². The van der Waals surface area contributed by atoms with Crippen molar-refractivity contribution in [3.8, 4) is 0 Å². The van der Waals surface area contributed by atoms with Crippen LogP contribution in [0.5, 0.6) is 0 Å². The molecule has 0 amide bonds. The van der Waals surface area contributed by atoms with E-state index in [-0.39, 0.29) is 41.1 Å². The van der Waals surface area contributed by atoms with E-state index in [4.69, 9.17) is 10.2 Å². The summed E-state index contributed by atoms with van der Waals surface area (Å²) in [6, 6.07) is 0. The Morgan fingerprint density at radius 3 is 1.00 bits per heavy atom. The number of hydrogen-bond donors (Lipinski definition) is 4. The average molecular weight is 250 g/mol. The molecule has 87 valence electrons. The predicted octanol–water partition coefficient (Wildman–Crippen LogP) is -3.59. The third kappa shape index (κ3) is 89.8. The van der Waals surface area contributed by atoms with Crippen molar-refractivity contribution >= 4 is 11.9 Å². The van der Waals surface area contributed by atoms with Gasteiger partial charge >= 0.3 is 11.9 Å². The van der Waals surface area contributed by atoms with Crippen LogP contribution in [0.4, 0.5) is 0 Å². The summed E-state index contributed by atoms with van der Waals surface area (Å²) >= 11 is 0. The Labute approximate surface area is 85.0 Å². The molecule has 0 bridgehead atoms. The maximum atomic E-state index is 9.24. The zero-order valence-electron chi connectivity index (χ0n) is 6.58. The van der Waals surface area contributed by atoms with Crippen LogP contribution in [0.2, 0.25) is 0 Å². The number of rotatable bonds is 2. The molecular weight excluding hydrogens is 236 g/mol. The Kier molecular flexibility index (Phi) is 51.0. The molecule has 0 aliphatic heterocycles. The minimum Gasteiger partial charge on any atom is -0.480 e. The molecule has 13 heavy (non-hydrogen) atoms. The summed E-state index contributed by atoms with van der Waals surface area (Å²) in [5, 5.41) is 15.2. The van der Waals surface area contributed by atoms with Crippen LogP contribution in [0.1, 0.15) is 0 Å². The van der Waals surface area contributed by atoms with Crippen LogP contribution >= 0.6 is 0 Å². The van der Waals surface area contributed by atoms with Crippen LogP contribution in [0, 0.1) is 0 Å². The van der Waals surface area contributed by atoms with Gasteiger partial charge in [0, 0.05) is 17.1 Å². The minimum absolute atomic E-state index is 0. The molecule has 0 fully saturated rings. The van der Waals surface area contributed by atoms with Crippen molar-refractivity contribution in [1.82, 2.24) is 0 Å². The largest absolute Gasteiger partial charge is 0.480 e. The van der Waals surface area contributed by atoms with E-state index in [1.807, 2.05) is 0 Å². The summed E-state index contributed by atoms with van der Waals surface area (Å²) in [4.78, 5) is 18.5. The second-order valence-corrected chi connectivity index (χ2v) is 1.20. The minimum atomic E-state index is -0.968. The van der Waals surface area contributed by atoms with Gasteiger partial charge in [-0.25, -0.2) is 0 Å². The van der Waals surface area contributed by atoms with Crippen LogP contribution < -0.4 is 11.5 Å². The van der Waals surface area contributed by atoms with E-state index in [9.17, 15) is 9.59 Å². The molecule has 1 radical (unpaired) electrons. The standard InChI is InChI=1S/2C2H5NO2.Cu.2H2O/c2*3-1-2(4)5;;;/h2*1,3H2,(H,4,5);;2*1H2. The Morgan fingerprint density at radius 1 is 0.923 bits per heavy atom. The maximum absolute atomic E-state index is 9.24. The summed E-state index contributed by atoms with van der Waals surface area (Å²) in [5.74, 6) is -1.94. The first-order chi connectivity index (χ1) is 4.54. The first-order valence-corrected chi connectivity index (χ1v) is 2.38. The predicted molar refractivity (Wildman–Crippen MR) is 40.6 cm³/mol. The number of nitrogens with two attached hydrogens (primary N) is 2. The third-order valence-electron chi connectivity index (χ3n) is 0.349. The molecule has 0 aromatic carbocycles. The van der Waals surface area contributed by atoms with Crippen molar-refractivity contribution in [1.29, 1.82) is 0 Å². The summed E-state index contributed by atoms with van der Waals surface area (Å²) in [7, 11) is 0. The normalized spacial score (nSPS) is 5.69. The third-order valence-corrected chi connectivity index (χ3v) is 0.349. The first kappa shape index (κ1) is 29.5. The number of carboxylic acids is 2. The van der Waals surface area contributed by atoms with E-state index >= 15 is 0 Å². The van der Waals surface area contributed by atoms with Crippen molar-refractivity contribution < 1.29 is 47.8 Å². The first-order valence-electron chi connectivity index (χ1n) is 2.38. The molecule has 9 heteroatoms. The zero-order chi connectivity index (χ0) is 8.57. The van der Waals surface area contributed by atoms with Gasteiger partial charge < -0.3 is 32.6 Å². The molecule has 0 spiro atoms. The van der Waals surface area contributed by atoms with Crippen molar-refractivity contribution in [2.45, 2.75) is 0 Å². The van der Waals surface area contributed by atoms with Crippen LogP contribution in [0.15, 0.2) is 0 Å². The average Bonchev–Trinajstić information content (AvgIpc) is 1.89. The molecule has 0 rings (SSSR count). The molecule has 0 aliphatic rings. The summed E-state index contributed by atoms with van der Waals surface area (Å²) in [5.41, 5.74) is 9.14. The fourth-order valence-electron chi connectivity index (χ4n) is 0. The van der Waals surface area contributed by atoms with Gasteiger partial charge in [-0.05, 0) is 0 Å². The molecule has 0 atom stereocenters. The molecule has 0 aromatic heterocycles. The summed E-state index contributed by atoms with van der Waals surface area (Å²) < 4.78 is 0. The Bertz CT molecular complexity index is 107. The van der Waals surface area contributed by atoms with Crippen LogP contribution in [-0.2, 0) is 26.7 Å². The molecule has 0 aliphatic carbocycles.